The monoisotopic (exact) mass is 213 g/mol. The van der Waals surface area contributed by atoms with Crippen molar-refractivity contribution in [1.29, 1.82) is 0 Å². The Labute approximate surface area is 92.3 Å². The number of nitrogens with one attached hydrogen (secondary N) is 1. The summed E-state index contributed by atoms with van der Waals surface area (Å²) in [6.07, 6.45) is 4.60. The lowest BCUT2D eigenvalue weighted by Crippen LogP contribution is -2.37. The molecule has 3 heteroatoms. The van der Waals surface area contributed by atoms with Gasteiger partial charge in [0.25, 0.3) is 0 Å². The Morgan fingerprint density at radius 2 is 2.20 bits per heavy atom. The lowest BCUT2D eigenvalue weighted by atomic mass is 9.93. The van der Waals surface area contributed by atoms with Gasteiger partial charge in [-0.3, -0.25) is 4.79 Å². The van der Waals surface area contributed by atoms with E-state index in [-0.39, 0.29) is 12.5 Å². The van der Waals surface area contributed by atoms with Crippen molar-refractivity contribution in [2.24, 2.45) is 11.8 Å². The smallest absolute Gasteiger partial charge is 0.220 e. The molecule has 88 valence electrons. The second-order valence-corrected chi connectivity index (χ2v) is 4.61. The summed E-state index contributed by atoms with van der Waals surface area (Å²) in [7, 11) is 0. The van der Waals surface area contributed by atoms with Crippen LogP contribution in [0.4, 0.5) is 0 Å². The zero-order valence-corrected chi connectivity index (χ0v) is 9.83. The summed E-state index contributed by atoms with van der Waals surface area (Å²) < 4.78 is 0. The van der Waals surface area contributed by atoms with E-state index in [4.69, 9.17) is 5.11 Å². The third-order valence-electron chi connectivity index (χ3n) is 3.66. The number of aliphatic hydroxyl groups excluding tert-OH is 1. The molecule has 0 radical (unpaired) electrons. The summed E-state index contributed by atoms with van der Waals surface area (Å²) in [5.74, 6) is 1.47. The molecule has 1 fully saturated rings. The van der Waals surface area contributed by atoms with Crippen molar-refractivity contribution in [3.63, 3.8) is 0 Å². The molecule has 0 spiro atoms. The molecule has 1 saturated carbocycles. The van der Waals surface area contributed by atoms with Crippen LogP contribution in [0.3, 0.4) is 0 Å². The van der Waals surface area contributed by atoms with Crippen molar-refractivity contribution in [1.82, 2.24) is 5.32 Å². The van der Waals surface area contributed by atoms with Crippen molar-refractivity contribution in [2.45, 2.75) is 52.0 Å². The first kappa shape index (κ1) is 12.5. The van der Waals surface area contributed by atoms with Gasteiger partial charge in [0.2, 0.25) is 5.91 Å². The molecule has 0 bridgehead atoms. The second-order valence-electron chi connectivity index (χ2n) is 4.61. The molecule has 1 aliphatic rings. The van der Waals surface area contributed by atoms with Crippen LogP contribution < -0.4 is 5.32 Å². The Balaban J connectivity index is 2.30. The first-order valence-electron chi connectivity index (χ1n) is 6.09. The highest BCUT2D eigenvalue weighted by Crippen LogP contribution is 2.33. The van der Waals surface area contributed by atoms with Crippen LogP contribution in [0, 0.1) is 11.8 Å². The van der Waals surface area contributed by atoms with E-state index in [1.807, 2.05) is 0 Å². The van der Waals surface area contributed by atoms with Gasteiger partial charge in [-0.25, -0.2) is 0 Å². The number of hydrogen-bond donors (Lipinski definition) is 2. The van der Waals surface area contributed by atoms with E-state index >= 15 is 0 Å². The minimum absolute atomic E-state index is 0.0950. The molecule has 0 saturated heterocycles. The molecule has 0 aliphatic heterocycles. The average Bonchev–Trinajstić information content (AvgIpc) is 2.57. The standard InChI is InChI=1S/C12H23NO2/c1-3-10-6-7-11(9(10)2)13-12(15)5-4-8-14/h9-11,14H,3-8H2,1-2H3,(H,13,15). The van der Waals surface area contributed by atoms with E-state index in [1.165, 1.54) is 12.8 Å². The Bertz CT molecular complexity index is 206. The van der Waals surface area contributed by atoms with Gasteiger partial charge in [0, 0.05) is 19.1 Å². The van der Waals surface area contributed by atoms with Crippen LogP contribution in [0.5, 0.6) is 0 Å². The van der Waals surface area contributed by atoms with Crippen LogP contribution in [0.15, 0.2) is 0 Å². The zero-order chi connectivity index (χ0) is 11.3. The van der Waals surface area contributed by atoms with Gasteiger partial charge in [-0.2, -0.15) is 0 Å². The lowest BCUT2D eigenvalue weighted by Gasteiger charge is -2.20. The molecule has 2 N–H and O–H groups in total. The maximum absolute atomic E-state index is 11.5. The molecule has 0 heterocycles. The highest BCUT2D eigenvalue weighted by atomic mass is 16.3. The lowest BCUT2D eigenvalue weighted by molar-refractivity contribution is -0.122. The topological polar surface area (TPSA) is 49.3 Å². The van der Waals surface area contributed by atoms with E-state index in [1.54, 1.807) is 0 Å². The van der Waals surface area contributed by atoms with Gasteiger partial charge in [0.05, 0.1) is 0 Å². The molecule has 0 aromatic heterocycles. The molecule has 1 aliphatic carbocycles. The first-order valence-corrected chi connectivity index (χ1v) is 6.09. The minimum Gasteiger partial charge on any atom is -0.396 e. The third kappa shape index (κ3) is 3.49. The maximum atomic E-state index is 11.5. The van der Waals surface area contributed by atoms with Gasteiger partial charge < -0.3 is 10.4 Å². The quantitative estimate of drug-likeness (QED) is 0.730. The van der Waals surface area contributed by atoms with Gasteiger partial charge in [-0.1, -0.05) is 20.3 Å². The van der Waals surface area contributed by atoms with Crippen LogP contribution in [0.2, 0.25) is 0 Å². The second kappa shape index (κ2) is 6.11. The predicted octanol–water partition coefficient (Wildman–Crippen LogP) is 1.70. The highest BCUT2D eigenvalue weighted by Gasteiger charge is 2.32. The number of amides is 1. The minimum atomic E-state index is 0.0950. The summed E-state index contributed by atoms with van der Waals surface area (Å²) in [5, 5.41) is 11.7. The Kier molecular flexibility index (Phi) is 5.09. The molecule has 15 heavy (non-hydrogen) atoms. The molecular weight excluding hydrogens is 190 g/mol. The fourth-order valence-electron chi connectivity index (χ4n) is 2.55. The van der Waals surface area contributed by atoms with E-state index in [9.17, 15) is 4.79 Å². The van der Waals surface area contributed by atoms with Gasteiger partial charge in [0.1, 0.15) is 0 Å². The zero-order valence-electron chi connectivity index (χ0n) is 9.83. The number of hydrogen-bond acceptors (Lipinski definition) is 2. The molecule has 0 aromatic carbocycles. The maximum Gasteiger partial charge on any atom is 0.220 e. The normalized spacial score (nSPS) is 30.5. The van der Waals surface area contributed by atoms with Crippen LogP contribution in [-0.4, -0.2) is 23.7 Å². The van der Waals surface area contributed by atoms with E-state index < -0.39 is 0 Å². The fourth-order valence-corrected chi connectivity index (χ4v) is 2.55. The number of carbonyl (C=O) groups excluding carboxylic acids is 1. The van der Waals surface area contributed by atoms with Gasteiger partial charge in [0.15, 0.2) is 0 Å². The number of aliphatic hydroxyl groups is 1. The summed E-state index contributed by atoms with van der Waals surface area (Å²) in [5.41, 5.74) is 0. The average molecular weight is 213 g/mol. The van der Waals surface area contributed by atoms with Crippen molar-refractivity contribution in [2.75, 3.05) is 6.61 Å². The molecule has 1 amide bonds. The van der Waals surface area contributed by atoms with E-state index in [2.05, 4.69) is 19.2 Å². The first-order chi connectivity index (χ1) is 7.19. The van der Waals surface area contributed by atoms with Crippen LogP contribution in [-0.2, 0) is 4.79 Å². The van der Waals surface area contributed by atoms with E-state index in [0.717, 1.165) is 12.3 Å². The van der Waals surface area contributed by atoms with E-state index in [0.29, 0.717) is 24.8 Å². The van der Waals surface area contributed by atoms with Gasteiger partial charge in [-0.15, -0.1) is 0 Å². The highest BCUT2D eigenvalue weighted by molar-refractivity contribution is 5.76. The Hall–Kier alpha value is -0.570. The largest absolute Gasteiger partial charge is 0.396 e. The van der Waals surface area contributed by atoms with Crippen molar-refractivity contribution in [3.8, 4) is 0 Å². The number of carbonyl (C=O) groups is 1. The van der Waals surface area contributed by atoms with Crippen molar-refractivity contribution >= 4 is 5.91 Å². The summed E-state index contributed by atoms with van der Waals surface area (Å²) in [6.45, 7) is 4.56. The SMILES string of the molecule is CCC1CCC(NC(=O)CCCO)C1C. The Morgan fingerprint density at radius 1 is 1.47 bits per heavy atom. The Morgan fingerprint density at radius 3 is 2.73 bits per heavy atom. The summed E-state index contributed by atoms with van der Waals surface area (Å²) in [6, 6.07) is 0.362. The molecular formula is C12H23NO2. The number of rotatable bonds is 5. The third-order valence-corrected chi connectivity index (χ3v) is 3.66. The predicted molar refractivity (Wildman–Crippen MR) is 60.4 cm³/mol. The molecule has 3 atom stereocenters. The molecule has 3 nitrogen and oxygen atoms in total. The summed E-state index contributed by atoms with van der Waals surface area (Å²) >= 11 is 0. The molecule has 0 aromatic rings. The molecule has 1 rings (SSSR count). The molecule has 3 unspecified atom stereocenters. The summed E-state index contributed by atoms with van der Waals surface area (Å²) in [4.78, 5) is 11.5. The fraction of sp³-hybridized carbons (Fsp3) is 0.917. The van der Waals surface area contributed by atoms with Crippen LogP contribution >= 0.6 is 0 Å². The van der Waals surface area contributed by atoms with Crippen molar-refractivity contribution in [3.05, 3.63) is 0 Å². The van der Waals surface area contributed by atoms with Crippen LogP contribution in [0.25, 0.3) is 0 Å². The van der Waals surface area contributed by atoms with Crippen LogP contribution in [0.1, 0.15) is 46.0 Å². The van der Waals surface area contributed by atoms with Crippen molar-refractivity contribution < 1.29 is 9.90 Å². The van der Waals surface area contributed by atoms with Gasteiger partial charge >= 0.3 is 0 Å². The van der Waals surface area contributed by atoms with Gasteiger partial charge in [-0.05, 0) is 31.1 Å².